The van der Waals surface area contributed by atoms with Crippen LogP contribution >= 0.6 is 0 Å². The van der Waals surface area contributed by atoms with Gasteiger partial charge >= 0.3 is 11.7 Å². The molecule has 34 heavy (non-hydrogen) atoms. The Hall–Kier alpha value is -3.14. The zero-order chi connectivity index (χ0) is 25.3. The molecule has 0 spiro atoms. The first-order valence-electron chi connectivity index (χ1n) is 9.12. The van der Waals surface area contributed by atoms with Crippen LogP contribution in [-0.4, -0.2) is 42.5 Å². The van der Waals surface area contributed by atoms with Crippen molar-refractivity contribution in [1.82, 2.24) is 14.4 Å². The summed E-state index contributed by atoms with van der Waals surface area (Å²) in [6.45, 7) is 1.16. The number of hydrogen-bond acceptors (Lipinski definition) is 7. The van der Waals surface area contributed by atoms with Crippen molar-refractivity contribution < 1.29 is 47.6 Å². The van der Waals surface area contributed by atoms with Gasteiger partial charge in [0.05, 0.1) is 5.75 Å². The highest BCUT2D eigenvalue weighted by Crippen LogP contribution is 2.38. The van der Waals surface area contributed by atoms with Crippen LogP contribution in [0.4, 0.5) is 26.3 Å². The third-order valence-electron chi connectivity index (χ3n) is 4.75. The molecule has 4 aromatic rings. The topological polar surface area (TPSA) is 112 Å². The zero-order valence-corrected chi connectivity index (χ0v) is 18.3. The van der Waals surface area contributed by atoms with Gasteiger partial charge < -0.3 is 4.42 Å². The van der Waals surface area contributed by atoms with Crippen molar-refractivity contribution in [2.75, 3.05) is 5.75 Å². The molecule has 0 fully saturated rings. The number of halogens is 6. The predicted molar refractivity (Wildman–Crippen MR) is 104 cm³/mol. The molecule has 0 amide bonds. The lowest BCUT2D eigenvalue weighted by atomic mass is 10.3. The Kier molecular flexibility index (Phi) is 5.24. The fourth-order valence-corrected chi connectivity index (χ4v) is 5.30. The number of rotatable bonds is 4. The Morgan fingerprint density at radius 3 is 2.18 bits per heavy atom. The molecule has 4 rings (SSSR count). The fraction of sp³-hybridized carbons (Fsp3) is 0.222. The number of imidazole rings is 1. The van der Waals surface area contributed by atoms with Gasteiger partial charge in [-0.1, -0.05) is 19.1 Å². The summed E-state index contributed by atoms with van der Waals surface area (Å²) in [6.07, 6.45) is -5.00. The van der Waals surface area contributed by atoms with E-state index in [0.717, 1.165) is 31.2 Å². The van der Waals surface area contributed by atoms with Crippen LogP contribution in [0.1, 0.15) is 12.6 Å². The van der Waals surface area contributed by atoms with E-state index in [2.05, 4.69) is 9.97 Å². The van der Waals surface area contributed by atoms with Gasteiger partial charge in [0.15, 0.2) is 26.1 Å². The second-order valence-corrected chi connectivity index (χ2v) is 10.9. The fourth-order valence-electron chi connectivity index (χ4n) is 3.22. The lowest BCUT2D eigenvalue weighted by Gasteiger charge is -2.11. The number of nitrogens with zero attached hydrogens (tertiary/aromatic N) is 3. The highest BCUT2D eigenvalue weighted by Gasteiger charge is 2.48. The Balaban J connectivity index is 2.11. The lowest BCUT2D eigenvalue weighted by molar-refractivity contribution is -0.142. The van der Waals surface area contributed by atoms with E-state index >= 15 is 0 Å². The first-order chi connectivity index (χ1) is 15.6. The van der Waals surface area contributed by atoms with Crippen molar-refractivity contribution in [1.29, 1.82) is 0 Å². The van der Waals surface area contributed by atoms with Gasteiger partial charge in [0.2, 0.25) is 5.89 Å². The molecule has 1 aromatic carbocycles. The second-order valence-electron chi connectivity index (χ2n) is 6.84. The molecule has 0 aliphatic rings. The van der Waals surface area contributed by atoms with E-state index in [4.69, 9.17) is 4.42 Å². The van der Waals surface area contributed by atoms with Crippen molar-refractivity contribution >= 4 is 36.4 Å². The summed E-state index contributed by atoms with van der Waals surface area (Å²) in [6, 6.07) is 5.30. The van der Waals surface area contributed by atoms with E-state index in [0.29, 0.717) is 16.5 Å². The summed E-state index contributed by atoms with van der Waals surface area (Å²) < 4.78 is 135. The largest absolute Gasteiger partial charge is 0.501 e. The molecule has 8 nitrogen and oxygen atoms in total. The number of alkyl halides is 6. The van der Waals surface area contributed by atoms with Crippen LogP contribution in [-0.2, 0) is 25.9 Å². The van der Waals surface area contributed by atoms with Gasteiger partial charge in [-0.2, -0.15) is 26.3 Å². The van der Waals surface area contributed by atoms with Crippen LogP contribution in [0.15, 0.2) is 50.7 Å². The van der Waals surface area contributed by atoms with Crippen molar-refractivity contribution in [3.05, 3.63) is 42.1 Å². The van der Waals surface area contributed by atoms with Gasteiger partial charge in [0.1, 0.15) is 21.8 Å². The number of hydrogen-bond donors (Lipinski definition) is 0. The zero-order valence-electron chi connectivity index (χ0n) is 16.6. The van der Waals surface area contributed by atoms with Gasteiger partial charge in [-0.15, -0.1) is 0 Å². The van der Waals surface area contributed by atoms with Crippen LogP contribution < -0.4 is 0 Å². The minimum absolute atomic E-state index is 0.330. The summed E-state index contributed by atoms with van der Waals surface area (Å²) in [5, 5.41) is -0.954. The Labute approximate surface area is 186 Å². The Morgan fingerprint density at radius 2 is 1.59 bits per heavy atom. The van der Waals surface area contributed by atoms with E-state index in [1.807, 2.05) is 0 Å². The highest BCUT2D eigenvalue weighted by molar-refractivity contribution is 7.92. The van der Waals surface area contributed by atoms with E-state index in [1.165, 1.54) is 0 Å². The lowest BCUT2D eigenvalue weighted by Crippen LogP contribution is -2.23. The molecular formula is C18H11F6N3O5S2. The molecule has 0 bridgehead atoms. The third-order valence-corrected chi connectivity index (χ3v) is 7.99. The number of pyridine rings is 1. The molecule has 16 heteroatoms. The normalized spacial score (nSPS) is 13.7. The summed E-state index contributed by atoms with van der Waals surface area (Å²) in [7, 11) is -10.3. The van der Waals surface area contributed by atoms with E-state index in [9.17, 15) is 43.2 Å². The molecule has 0 N–H and O–H groups in total. The van der Waals surface area contributed by atoms with Crippen molar-refractivity contribution in [3.8, 4) is 11.6 Å². The third kappa shape index (κ3) is 3.60. The van der Waals surface area contributed by atoms with Crippen molar-refractivity contribution in [3.63, 3.8) is 0 Å². The molecule has 0 atom stereocenters. The first kappa shape index (κ1) is 24.0. The van der Waals surface area contributed by atoms with Crippen molar-refractivity contribution in [2.24, 2.45) is 0 Å². The molecular weight excluding hydrogens is 516 g/mol. The first-order valence-corrected chi connectivity index (χ1v) is 12.3. The molecule has 0 aliphatic heterocycles. The molecule has 182 valence electrons. The Bertz CT molecular complexity index is 1650. The summed E-state index contributed by atoms with van der Waals surface area (Å²) in [4.78, 5) is 6.28. The average molecular weight is 527 g/mol. The van der Waals surface area contributed by atoms with Gasteiger partial charge in [-0.05, 0) is 24.3 Å². The highest BCUT2D eigenvalue weighted by atomic mass is 32.2. The maximum Gasteiger partial charge on any atom is 0.501 e. The molecule has 0 unspecified atom stereocenters. The number of fused-ring (bicyclic) bond motifs is 2. The monoisotopic (exact) mass is 527 g/mol. The maximum absolute atomic E-state index is 13.6. The van der Waals surface area contributed by atoms with Crippen molar-refractivity contribution in [2.45, 2.75) is 28.5 Å². The minimum atomic E-state index is -5.88. The van der Waals surface area contributed by atoms with Crippen LogP contribution in [0.25, 0.3) is 28.3 Å². The average Bonchev–Trinajstić information content (AvgIpc) is 3.33. The quantitative estimate of drug-likeness (QED) is 0.365. The molecule has 0 saturated carbocycles. The second kappa shape index (κ2) is 7.43. The number of aromatic nitrogens is 3. The van der Waals surface area contributed by atoms with Crippen LogP contribution in [0.5, 0.6) is 0 Å². The summed E-state index contributed by atoms with van der Waals surface area (Å²) in [5.41, 5.74) is -9.50. The molecule has 3 aromatic heterocycles. The van der Waals surface area contributed by atoms with Crippen LogP contribution in [0.3, 0.4) is 0 Å². The van der Waals surface area contributed by atoms with E-state index in [-0.39, 0.29) is 0 Å². The van der Waals surface area contributed by atoms with Crippen LogP contribution in [0, 0.1) is 0 Å². The number of benzene rings is 1. The van der Waals surface area contributed by atoms with Gasteiger partial charge in [0, 0.05) is 0 Å². The molecule has 0 radical (unpaired) electrons. The number of para-hydroxylation sites is 1. The molecule has 0 saturated heterocycles. The smallest absolute Gasteiger partial charge is 0.435 e. The summed E-state index contributed by atoms with van der Waals surface area (Å²) in [5.74, 6) is -1.43. The van der Waals surface area contributed by atoms with Gasteiger partial charge in [-0.3, -0.25) is 4.40 Å². The maximum atomic E-state index is 13.6. The van der Waals surface area contributed by atoms with Gasteiger partial charge in [0.25, 0.3) is 9.84 Å². The Morgan fingerprint density at radius 1 is 0.941 bits per heavy atom. The van der Waals surface area contributed by atoms with E-state index < -0.39 is 81.1 Å². The van der Waals surface area contributed by atoms with Crippen LogP contribution in [0.2, 0.25) is 0 Å². The van der Waals surface area contributed by atoms with E-state index in [1.54, 1.807) is 0 Å². The standard InChI is InChI=1S/C18H11F6N3O5S2/c1-2-33(28,29)16-14(25-12-8-4-7-11(27(12)16)17(19,20)21)15-26-13-9(32-15)5-3-6-10(13)34(30,31)18(22,23)24/h3-8H,2H2,1H3. The number of sulfone groups is 2. The SMILES string of the molecule is CCS(=O)(=O)c1c(-c2nc3c(S(=O)(=O)C(F)(F)F)cccc3o2)nc2cccc(C(F)(F)F)n12. The minimum Gasteiger partial charge on any atom is -0.435 e. The summed E-state index contributed by atoms with van der Waals surface area (Å²) >= 11 is 0. The molecule has 3 heterocycles. The number of oxazole rings is 1. The van der Waals surface area contributed by atoms with Gasteiger partial charge in [-0.25, -0.2) is 26.8 Å². The molecule has 0 aliphatic carbocycles. The predicted octanol–water partition coefficient (Wildman–Crippen LogP) is 4.25.